The molecule has 2 atom stereocenters. The summed E-state index contributed by atoms with van der Waals surface area (Å²) < 4.78 is 7.23. The van der Waals surface area contributed by atoms with Gasteiger partial charge in [-0.2, -0.15) is 5.10 Å². The smallest absolute Gasteiger partial charge is 0.193 e. The maximum Gasteiger partial charge on any atom is 0.193 e. The molecule has 3 rings (SSSR count). The standard InChI is InChI=1S/C20H29N5O/c1-16(14-25-11-4-10-23-25)13-22-20(21-2)24-12-9-18(15-24)17-5-7-19(26-3)8-6-17/h4-8,10-11,16,18H,9,12-15H2,1-3H3,(H,21,22). The lowest BCUT2D eigenvalue weighted by Crippen LogP contribution is -2.42. The minimum Gasteiger partial charge on any atom is -0.497 e. The van der Waals surface area contributed by atoms with E-state index in [9.17, 15) is 0 Å². The highest BCUT2D eigenvalue weighted by atomic mass is 16.5. The fourth-order valence-electron chi connectivity index (χ4n) is 3.49. The molecular weight excluding hydrogens is 326 g/mol. The van der Waals surface area contributed by atoms with E-state index < -0.39 is 0 Å². The van der Waals surface area contributed by atoms with Crippen molar-refractivity contribution < 1.29 is 4.74 Å². The van der Waals surface area contributed by atoms with Gasteiger partial charge < -0.3 is 15.0 Å². The van der Waals surface area contributed by atoms with Crippen LogP contribution in [0.4, 0.5) is 0 Å². The van der Waals surface area contributed by atoms with E-state index in [-0.39, 0.29) is 0 Å². The van der Waals surface area contributed by atoms with Gasteiger partial charge in [0, 0.05) is 51.5 Å². The minimum atomic E-state index is 0.478. The second kappa shape index (κ2) is 8.74. The minimum absolute atomic E-state index is 0.478. The van der Waals surface area contributed by atoms with Crippen LogP contribution in [-0.4, -0.2) is 54.4 Å². The Kier molecular flexibility index (Phi) is 6.15. The van der Waals surface area contributed by atoms with E-state index >= 15 is 0 Å². The fourth-order valence-corrected chi connectivity index (χ4v) is 3.49. The normalized spacial score (nSPS) is 18.8. The van der Waals surface area contributed by atoms with Gasteiger partial charge >= 0.3 is 0 Å². The first kappa shape index (κ1) is 18.3. The Labute approximate surface area is 155 Å². The van der Waals surface area contributed by atoms with Crippen molar-refractivity contribution >= 4 is 5.96 Å². The number of nitrogens with one attached hydrogen (secondary N) is 1. The zero-order chi connectivity index (χ0) is 18.4. The van der Waals surface area contributed by atoms with Crippen LogP contribution in [0.25, 0.3) is 0 Å². The van der Waals surface area contributed by atoms with E-state index in [4.69, 9.17) is 4.74 Å². The molecule has 1 fully saturated rings. The number of hydrogen-bond acceptors (Lipinski definition) is 3. The first-order valence-corrected chi connectivity index (χ1v) is 9.26. The average molecular weight is 355 g/mol. The van der Waals surface area contributed by atoms with Crippen LogP contribution < -0.4 is 10.1 Å². The number of ether oxygens (including phenoxy) is 1. The van der Waals surface area contributed by atoms with Crippen LogP contribution >= 0.6 is 0 Å². The fraction of sp³-hybridized carbons (Fsp3) is 0.500. The van der Waals surface area contributed by atoms with Crippen molar-refractivity contribution in [3.05, 3.63) is 48.3 Å². The van der Waals surface area contributed by atoms with Crippen LogP contribution in [0.3, 0.4) is 0 Å². The number of guanidine groups is 1. The third-order valence-electron chi connectivity index (χ3n) is 4.95. The van der Waals surface area contributed by atoms with E-state index in [0.29, 0.717) is 11.8 Å². The lowest BCUT2D eigenvalue weighted by Gasteiger charge is -2.23. The van der Waals surface area contributed by atoms with Gasteiger partial charge in [0.15, 0.2) is 5.96 Å². The largest absolute Gasteiger partial charge is 0.497 e. The Bertz CT molecular complexity index is 696. The van der Waals surface area contributed by atoms with Gasteiger partial charge in [0.05, 0.1) is 7.11 Å². The van der Waals surface area contributed by atoms with Crippen LogP contribution in [0.2, 0.25) is 0 Å². The highest BCUT2D eigenvalue weighted by Crippen LogP contribution is 2.28. The van der Waals surface area contributed by atoms with Crippen molar-refractivity contribution in [2.75, 3.05) is 33.8 Å². The average Bonchev–Trinajstić information content (AvgIpc) is 3.35. The van der Waals surface area contributed by atoms with Gasteiger partial charge in [-0.25, -0.2) is 0 Å². The van der Waals surface area contributed by atoms with Crippen molar-refractivity contribution in [3.8, 4) is 5.75 Å². The number of aromatic nitrogens is 2. The summed E-state index contributed by atoms with van der Waals surface area (Å²) in [6, 6.07) is 10.4. The molecule has 2 unspecified atom stereocenters. The first-order chi connectivity index (χ1) is 12.7. The first-order valence-electron chi connectivity index (χ1n) is 9.26. The number of benzene rings is 1. The number of methoxy groups -OCH3 is 1. The predicted molar refractivity (Wildman–Crippen MR) is 105 cm³/mol. The molecule has 140 valence electrons. The lowest BCUT2D eigenvalue weighted by molar-refractivity contribution is 0.414. The van der Waals surface area contributed by atoms with Gasteiger partial charge in [0.25, 0.3) is 0 Å². The van der Waals surface area contributed by atoms with Crippen molar-refractivity contribution in [1.29, 1.82) is 0 Å². The molecule has 1 aromatic heterocycles. The van der Waals surface area contributed by atoms with Crippen molar-refractivity contribution in [1.82, 2.24) is 20.0 Å². The summed E-state index contributed by atoms with van der Waals surface area (Å²) in [5, 5.41) is 7.80. The molecule has 6 heteroatoms. The maximum absolute atomic E-state index is 5.25. The zero-order valence-electron chi connectivity index (χ0n) is 15.9. The van der Waals surface area contributed by atoms with E-state index in [0.717, 1.165) is 44.3 Å². The Morgan fingerprint density at radius 3 is 2.85 bits per heavy atom. The summed E-state index contributed by atoms with van der Waals surface area (Å²) in [7, 11) is 3.57. The molecule has 0 saturated carbocycles. The molecule has 0 bridgehead atoms. The van der Waals surface area contributed by atoms with E-state index in [1.54, 1.807) is 7.11 Å². The Hall–Kier alpha value is -2.50. The summed E-state index contributed by atoms with van der Waals surface area (Å²) in [6.45, 7) is 6.05. The molecule has 1 aliphatic rings. The highest BCUT2D eigenvalue weighted by molar-refractivity contribution is 5.80. The molecule has 0 radical (unpaired) electrons. The van der Waals surface area contributed by atoms with Gasteiger partial charge in [-0.15, -0.1) is 0 Å². The van der Waals surface area contributed by atoms with Gasteiger partial charge in [-0.05, 0) is 36.1 Å². The molecule has 1 aromatic carbocycles. The van der Waals surface area contributed by atoms with Crippen molar-refractivity contribution in [2.45, 2.75) is 25.8 Å². The molecule has 2 aromatic rings. The van der Waals surface area contributed by atoms with Gasteiger partial charge in [0.1, 0.15) is 5.75 Å². The number of aliphatic imine (C=N–C) groups is 1. The molecule has 6 nitrogen and oxygen atoms in total. The second-order valence-corrected chi connectivity index (χ2v) is 6.97. The topological polar surface area (TPSA) is 54.7 Å². The summed E-state index contributed by atoms with van der Waals surface area (Å²) in [5.74, 6) is 2.92. The highest BCUT2D eigenvalue weighted by Gasteiger charge is 2.26. The number of nitrogens with zero attached hydrogens (tertiary/aromatic N) is 4. The molecule has 1 saturated heterocycles. The third kappa shape index (κ3) is 4.56. The Morgan fingerprint density at radius 2 is 2.19 bits per heavy atom. The monoisotopic (exact) mass is 355 g/mol. The molecule has 26 heavy (non-hydrogen) atoms. The van der Waals surface area contributed by atoms with E-state index in [1.165, 1.54) is 5.56 Å². The molecule has 0 aliphatic carbocycles. The van der Waals surface area contributed by atoms with Crippen molar-refractivity contribution in [2.24, 2.45) is 10.9 Å². The predicted octanol–water partition coefficient (Wildman–Crippen LogP) is 2.59. The van der Waals surface area contributed by atoms with E-state index in [2.05, 4.69) is 39.4 Å². The quantitative estimate of drug-likeness (QED) is 0.639. The van der Waals surface area contributed by atoms with Gasteiger partial charge in [-0.3, -0.25) is 9.67 Å². The second-order valence-electron chi connectivity index (χ2n) is 6.97. The summed E-state index contributed by atoms with van der Waals surface area (Å²) in [5.41, 5.74) is 1.37. The molecule has 1 aliphatic heterocycles. The Balaban J connectivity index is 1.50. The maximum atomic E-state index is 5.25. The van der Waals surface area contributed by atoms with Gasteiger partial charge in [-0.1, -0.05) is 19.1 Å². The molecule has 1 N–H and O–H groups in total. The Morgan fingerprint density at radius 1 is 1.38 bits per heavy atom. The van der Waals surface area contributed by atoms with E-state index in [1.807, 2.05) is 42.3 Å². The van der Waals surface area contributed by atoms with Crippen LogP contribution in [-0.2, 0) is 6.54 Å². The van der Waals surface area contributed by atoms with Crippen molar-refractivity contribution in [3.63, 3.8) is 0 Å². The molecule has 0 amide bonds. The van der Waals surface area contributed by atoms with Crippen LogP contribution in [0.15, 0.2) is 47.7 Å². The molecular formula is C20H29N5O. The SMILES string of the molecule is CN=C(NCC(C)Cn1cccn1)N1CCC(c2ccc(OC)cc2)C1. The zero-order valence-corrected chi connectivity index (χ0v) is 15.9. The van der Waals surface area contributed by atoms with Crippen LogP contribution in [0, 0.1) is 5.92 Å². The summed E-state index contributed by atoms with van der Waals surface area (Å²) in [4.78, 5) is 6.84. The summed E-state index contributed by atoms with van der Waals surface area (Å²) in [6.07, 6.45) is 4.98. The molecule has 0 spiro atoms. The lowest BCUT2D eigenvalue weighted by atomic mass is 9.98. The number of hydrogen-bond donors (Lipinski definition) is 1. The summed E-state index contributed by atoms with van der Waals surface area (Å²) >= 11 is 0. The third-order valence-corrected chi connectivity index (χ3v) is 4.95. The van der Waals surface area contributed by atoms with Crippen LogP contribution in [0.5, 0.6) is 5.75 Å². The number of rotatable bonds is 6. The van der Waals surface area contributed by atoms with Crippen LogP contribution in [0.1, 0.15) is 24.8 Å². The van der Waals surface area contributed by atoms with Gasteiger partial charge in [0.2, 0.25) is 0 Å². The number of likely N-dealkylation sites (tertiary alicyclic amines) is 1. The molecule has 2 heterocycles.